The summed E-state index contributed by atoms with van der Waals surface area (Å²) >= 11 is 1.12. The van der Waals surface area contributed by atoms with Gasteiger partial charge in [0, 0.05) is 0 Å². The van der Waals surface area contributed by atoms with Crippen molar-refractivity contribution in [3.8, 4) is 17.5 Å². The smallest absolute Gasteiger partial charge is 0.273 e. The molecule has 1 aromatic heterocycles. The van der Waals surface area contributed by atoms with E-state index >= 15 is 0 Å². The van der Waals surface area contributed by atoms with Gasteiger partial charge < -0.3 is 10.1 Å². The van der Waals surface area contributed by atoms with Crippen molar-refractivity contribution < 1.29 is 9.53 Å². The van der Waals surface area contributed by atoms with Gasteiger partial charge in [0.1, 0.15) is 16.5 Å². The van der Waals surface area contributed by atoms with Crippen molar-refractivity contribution in [2.75, 3.05) is 6.61 Å². The Bertz CT molecular complexity index is 1570. The van der Waals surface area contributed by atoms with Crippen molar-refractivity contribution in [1.82, 2.24) is 9.88 Å². The molecule has 180 valence electrons. The Morgan fingerprint density at radius 1 is 1.06 bits per heavy atom. The zero-order valence-corrected chi connectivity index (χ0v) is 20.8. The topological polar surface area (TPSA) is 84.1 Å². The average Bonchev–Trinajstić information content (AvgIpc) is 3.22. The Morgan fingerprint density at radius 2 is 1.69 bits per heavy atom. The minimum absolute atomic E-state index is 0.116. The number of hydrogen-bond acceptors (Lipinski definition) is 5. The maximum Gasteiger partial charge on any atom is 0.273 e. The third-order valence-electron chi connectivity index (χ3n) is 5.53. The van der Waals surface area contributed by atoms with Crippen LogP contribution in [0.1, 0.15) is 31.0 Å². The van der Waals surface area contributed by atoms with Crippen molar-refractivity contribution in [1.29, 1.82) is 5.26 Å². The summed E-state index contributed by atoms with van der Waals surface area (Å²) in [7, 11) is 0. The molecule has 1 atom stereocenters. The van der Waals surface area contributed by atoms with Crippen LogP contribution in [0, 0.1) is 11.3 Å². The van der Waals surface area contributed by atoms with Gasteiger partial charge in [0.15, 0.2) is 5.57 Å². The molecule has 1 unspecified atom stereocenters. The first-order valence-corrected chi connectivity index (χ1v) is 12.4. The van der Waals surface area contributed by atoms with Gasteiger partial charge in [0.2, 0.25) is 0 Å². The Balaban J connectivity index is 1.85. The predicted octanol–water partition coefficient (Wildman–Crippen LogP) is 3.68. The number of benzene rings is 3. The van der Waals surface area contributed by atoms with Crippen LogP contribution < -0.4 is 24.8 Å². The Morgan fingerprint density at radius 3 is 2.31 bits per heavy atom. The number of nitriles is 1. The van der Waals surface area contributed by atoms with Crippen molar-refractivity contribution in [2.24, 2.45) is 0 Å². The fraction of sp³-hybridized carbons (Fsp3) is 0.138. The molecular weight excluding hydrogens is 470 g/mol. The highest BCUT2D eigenvalue weighted by atomic mass is 32.1. The van der Waals surface area contributed by atoms with Crippen LogP contribution in [-0.2, 0) is 4.79 Å². The number of carbonyl (C=O) groups is 1. The molecule has 4 rings (SSSR count). The van der Waals surface area contributed by atoms with Crippen molar-refractivity contribution in [3.63, 3.8) is 0 Å². The minimum Gasteiger partial charge on any atom is -0.494 e. The molecule has 0 saturated heterocycles. The summed E-state index contributed by atoms with van der Waals surface area (Å²) in [6, 6.07) is 27.6. The van der Waals surface area contributed by atoms with E-state index in [4.69, 9.17) is 4.74 Å². The van der Waals surface area contributed by atoms with Gasteiger partial charge in [-0.05, 0) is 55.3 Å². The van der Waals surface area contributed by atoms with Crippen molar-refractivity contribution in [3.05, 3.63) is 116 Å². The van der Waals surface area contributed by atoms with Gasteiger partial charge in [0.05, 0.1) is 22.9 Å². The molecule has 4 aromatic rings. The molecule has 3 aromatic carbocycles. The number of thiazole rings is 1. The highest BCUT2D eigenvalue weighted by Crippen LogP contribution is 2.14. The van der Waals surface area contributed by atoms with Crippen LogP contribution in [0.25, 0.3) is 17.3 Å². The SMILES string of the molecule is CCOc1ccc(C=c2sc(=C(C#N)C(=O)NC(C)c3ccccc3)n(-c3ccccc3)c2=O)cc1. The Kier molecular flexibility index (Phi) is 7.79. The van der Waals surface area contributed by atoms with Crippen molar-refractivity contribution in [2.45, 2.75) is 19.9 Å². The van der Waals surface area contributed by atoms with E-state index in [-0.39, 0.29) is 21.8 Å². The molecule has 1 heterocycles. The number of aromatic nitrogens is 1. The molecule has 0 bridgehead atoms. The Hall–Kier alpha value is -4.41. The molecule has 0 radical (unpaired) electrons. The number of para-hydroxylation sites is 1. The van der Waals surface area contributed by atoms with E-state index in [9.17, 15) is 14.9 Å². The maximum atomic E-state index is 13.5. The van der Waals surface area contributed by atoms with E-state index < -0.39 is 5.91 Å². The van der Waals surface area contributed by atoms with Gasteiger partial charge >= 0.3 is 0 Å². The molecular formula is C29H25N3O3S. The quantitative estimate of drug-likeness (QED) is 0.424. The zero-order valence-electron chi connectivity index (χ0n) is 20.0. The lowest BCUT2D eigenvalue weighted by molar-refractivity contribution is -0.116. The van der Waals surface area contributed by atoms with Crippen LogP contribution >= 0.6 is 11.3 Å². The number of amides is 1. The molecule has 0 aliphatic heterocycles. The molecule has 6 nitrogen and oxygen atoms in total. The number of nitrogens with one attached hydrogen (secondary N) is 1. The number of carbonyl (C=O) groups excluding carboxylic acids is 1. The Labute approximate surface area is 213 Å². The largest absolute Gasteiger partial charge is 0.494 e. The van der Waals surface area contributed by atoms with E-state index in [1.54, 1.807) is 18.2 Å². The van der Waals surface area contributed by atoms with Crippen LogP contribution in [-0.4, -0.2) is 17.1 Å². The summed E-state index contributed by atoms with van der Waals surface area (Å²) in [6.07, 6.45) is 1.76. The minimum atomic E-state index is -0.535. The molecule has 7 heteroatoms. The normalized spacial score (nSPS) is 13.0. The third kappa shape index (κ3) is 5.45. The van der Waals surface area contributed by atoms with Crippen LogP contribution in [0.5, 0.6) is 5.75 Å². The van der Waals surface area contributed by atoms with Gasteiger partial charge in [-0.25, -0.2) is 0 Å². The van der Waals surface area contributed by atoms with Gasteiger partial charge in [0.25, 0.3) is 11.5 Å². The van der Waals surface area contributed by atoms with Gasteiger partial charge in [-0.3, -0.25) is 14.2 Å². The number of hydrogen-bond donors (Lipinski definition) is 1. The first-order chi connectivity index (χ1) is 17.5. The van der Waals surface area contributed by atoms with E-state index in [0.29, 0.717) is 16.8 Å². The zero-order chi connectivity index (χ0) is 25.5. The molecule has 1 amide bonds. The molecule has 1 N–H and O–H groups in total. The molecule has 0 aliphatic carbocycles. The first-order valence-electron chi connectivity index (χ1n) is 11.5. The molecule has 0 fully saturated rings. The fourth-order valence-electron chi connectivity index (χ4n) is 3.73. The average molecular weight is 496 g/mol. The monoisotopic (exact) mass is 495 g/mol. The van der Waals surface area contributed by atoms with E-state index in [1.807, 2.05) is 92.7 Å². The second kappa shape index (κ2) is 11.3. The lowest BCUT2D eigenvalue weighted by Gasteiger charge is -2.13. The van der Waals surface area contributed by atoms with E-state index in [0.717, 1.165) is 28.2 Å². The van der Waals surface area contributed by atoms with Gasteiger partial charge in [-0.2, -0.15) is 5.26 Å². The van der Waals surface area contributed by atoms with Gasteiger partial charge in [-0.1, -0.05) is 60.7 Å². The van der Waals surface area contributed by atoms with Crippen LogP contribution in [0.15, 0.2) is 89.7 Å². The van der Waals surface area contributed by atoms with E-state index in [1.165, 1.54) is 4.57 Å². The number of nitrogens with zero attached hydrogens (tertiary/aromatic N) is 2. The van der Waals surface area contributed by atoms with Gasteiger partial charge in [-0.15, -0.1) is 11.3 Å². The lowest BCUT2D eigenvalue weighted by Crippen LogP contribution is -2.34. The summed E-state index contributed by atoms with van der Waals surface area (Å²) in [4.78, 5) is 26.7. The standard InChI is InChI=1S/C29H25N3O3S/c1-3-35-24-16-14-21(15-17-24)18-26-28(34)32(23-12-8-5-9-13-23)29(36-26)25(19-30)27(33)31-20(2)22-10-6-4-7-11-22/h4-18,20H,3H2,1-2H3,(H,31,33). The highest BCUT2D eigenvalue weighted by Gasteiger charge is 2.19. The fourth-order valence-corrected chi connectivity index (χ4v) is 4.83. The highest BCUT2D eigenvalue weighted by molar-refractivity contribution is 7.07. The molecule has 36 heavy (non-hydrogen) atoms. The summed E-state index contributed by atoms with van der Waals surface area (Å²) < 4.78 is 7.61. The van der Waals surface area contributed by atoms with Crippen LogP contribution in [0.2, 0.25) is 0 Å². The molecule has 0 spiro atoms. The second-order valence-electron chi connectivity index (χ2n) is 7.99. The van der Waals surface area contributed by atoms with Crippen molar-refractivity contribution >= 4 is 28.9 Å². The summed E-state index contributed by atoms with van der Waals surface area (Å²) in [6.45, 7) is 4.34. The number of rotatable bonds is 7. The number of ether oxygens (including phenoxy) is 1. The lowest BCUT2D eigenvalue weighted by atomic mass is 10.1. The maximum absolute atomic E-state index is 13.5. The van der Waals surface area contributed by atoms with Crippen LogP contribution in [0.3, 0.4) is 0 Å². The first kappa shape index (κ1) is 24.7. The third-order valence-corrected chi connectivity index (χ3v) is 6.62. The predicted molar refractivity (Wildman–Crippen MR) is 142 cm³/mol. The summed E-state index contributed by atoms with van der Waals surface area (Å²) in [5.74, 6) is 0.208. The second-order valence-corrected chi connectivity index (χ2v) is 9.02. The summed E-state index contributed by atoms with van der Waals surface area (Å²) in [5, 5.41) is 12.9. The molecule has 0 aliphatic rings. The van der Waals surface area contributed by atoms with E-state index in [2.05, 4.69) is 5.32 Å². The van der Waals surface area contributed by atoms with Crippen LogP contribution in [0.4, 0.5) is 0 Å². The summed E-state index contributed by atoms with van der Waals surface area (Å²) in [5.41, 5.74) is 1.89. The molecule has 0 saturated carbocycles.